The molecule has 0 unspecified atom stereocenters. The van der Waals surface area contributed by atoms with Gasteiger partial charge in [-0.05, 0) is 12.3 Å². The van der Waals surface area contributed by atoms with E-state index in [1.165, 1.54) is 25.7 Å². The van der Waals surface area contributed by atoms with Crippen molar-refractivity contribution in [3.63, 3.8) is 0 Å². The molecule has 5 heteroatoms. The topological polar surface area (TPSA) is 63.8 Å². The molecular weight excluding hydrogens is 256 g/mol. The van der Waals surface area contributed by atoms with Crippen LogP contribution < -0.4 is 11.1 Å². The molecule has 0 saturated heterocycles. The molecule has 0 aliphatic rings. The Kier molecular flexibility index (Phi) is 7.33. The molecule has 0 bridgehead atoms. The van der Waals surface area contributed by atoms with E-state index in [1.54, 1.807) is 12.4 Å². The molecule has 0 aliphatic heterocycles. The Morgan fingerprint density at radius 2 is 1.95 bits per heavy atom. The van der Waals surface area contributed by atoms with Gasteiger partial charge in [-0.1, -0.05) is 51.7 Å². The normalized spacial score (nSPS) is 10.7. The van der Waals surface area contributed by atoms with E-state index in [9.17, 15) is 0 Å². The predicted molar refractivity (Wildman–Crippen MR) is 84.3 cm³/mol. The van der Waals surface area contributed by atoms with Gasteiger partial charge in [0.15, 0.2) is 0 Å². The van der Waals surface area contributed by atoms with E-state index in [1.807, 2.05) is 0 Å². The van der Waals surface area contributed by atoms with Gasteiger partial charge in [0.1, 0.15) is 16.5 Å². The Bertz CT molecular complexity index is 376. The van der Waals surface area contributed by atoms with Crippen molar-refractivity contribution in [3.8, 4) is 0 Å². The van der Waals surface area contributed by atoms with Gasteiger partial charge >= 0.3 is 0 Å². The monoisotopic (exact) mass is 280 g/mol. The van der Waals surface area contributed by atoms with Gasteiger partial charge in [-0.2, -0.15) is 0 Å². The van der Waals surface area contributed by atoms with E-state index in [4.69, 9.17) is 18.0 Å². The van der Waals surface area contributed by atoms with E-state index in [0.717, 1.165) is 24.7 Å². The lowest BCUT2D eigenvalue weighted by atomic mass is 10.0. The number of aromatic nitrogens is 2. The fourth-order valence-corrected chi connectivity index (χ4v) is 1.90. The maximum Gasteiger partial charge on any atom is 0.144 e. The summed E-state index contributed by atoms with van der Waals surface area (Å²) in [7, 11) is 0. The van der Waals surface area contributed by atoms with Crippen LogP contribution in [0.1, 0.15) is 51.6 Å². The first kappa shape index (κ1) is 15.8. The van der Waals surface area contributed by atoms with E-state index >= 15 is 0 Å². The Balaban J connectivity index is 2.11. The quantitative estimate of drug-likeness (QED) is 0.537. The molecule has 1 rings (SSSR count). The molecule has 0 radical (unpaired) electrons. The largest absolute Gasteiger partial charge is 0.388 e. The third-order valence-electron chi connectivity index (χ3n) is 2.92. The first-order chi connectivity index (χ1) is 9.09. The zero-order valence-corrected chi connectivity index (χ0v) is 12.7. The SMILES string of the molecule is CC(C)CCCCCCNc1cnc(C(N)=S)cn1. The number of anilines is 1. The number of rotatable bonds is 9. The Labute approximate surface area is 121 Å². The van der Waals surface area contributed by atoms with Crippen LogP contribution in [0.2, 0.25) is 0 Å². The minimum absolute atomic E-state index is 0.282. The second-order valence-electron chi connectivity index (χ2n) is 5.17. The van der Waals surface area contributed by atoms with Crippen molar-refractivity contribution in [2.24, 2.45) is 11.7 Å². The summed E-state index contributed by atoms with van der Waals surface area (Å²) in [5.74, 6) is 1.60. The molecule has 106 valence electrons. The van der Waals surface area contributed by atoms with E-state index in [2.05, 4.69) is 29.1 Å². The number of thiocarbonyl (C=S) groups is 1. The van der Waals surface area contributed by atoms with Crippen LogP contribution in [-0.4, -0.2) is 21.5 Å². The number of nitrogens with zero attached hydrogens (tertiary/aromatic N) is 2. The molecule has 1 aromatic rings. The summed E-state index contributed by atoms with van der Waals surface area (Å²) in [6, 6.07) is 0. The maximum absolute atomic E-state index is 5.46. The van der Waals surface area contributed by atoms with Gasteiger partial charge in [-0.3, -0.25) is 0 Å². The average molecular weight is 280 g/mol. The summed E-state index contributed by atoms with van der Waals surface area (Å²) in [4.78, 5) is 8.63. The molecule has 0 aliphatic carbocycles. The van der Waals surface area contributed by atoms with Crippen molar-refractivity contribution in [1.82, 2.24) is 9.97 Å². The highest BCUT2D eigenvalue weighted by atomic mass is 32.1. The zero-order valence-electron chi connectivity index (χ0n) is 11.9. The Hall–Kier alpha value is -1.23. The second kappa shape index (κ2) is 8.80. The van der Waals surface area contributed by atoms with Crippen molar-refractivity contribution in [1.29, 1.82) is 0 Å². The van der Waals surface area contributed by atoms with Crippen LogP contribution in [-0.2, 0) is 0 Å². The van der Waals surface area contributed by atoms with Crippen molar-refractivity contribution < 1.29 is 0 Å². The Morgan fingerprint density at radius 1 is 1.21 bits per heavy atom. The van der Waals surface area contributed by atoms with Crippen LogP contribution in [0.3, 0.4) is 0 Å². The van der Waals surface area contributed by atoms with Gasteiger partial charge in [0.25, 0.3) is 0 Å². The molecule has 0 saturated carbocycles. The van der Waals surface area contributed by atoms with E-state index < -0.39 is 0 Å². The highest BCUT2D eigenvalue weighted by Gasteiger charge is 1.99. The maximum atomic E-state index is 5.46. The molecule has 3 N–H and O–H groups in total. The summed E-state index contributed by atoms with van der Waals surface area (Å²) < 4.78 is 0. The molecule has 4 nitrogen and oxygen atoms in total. The molecule has 0 aromatic carbocycles. The smallest absolute Gasteiger partial charge is 0.144 e. The van der Waals surface area contributed by atoms with Gasteiger partial charge in [0, 0.05) is 6.54 Å². The molecule has 0 fully saturated rings. The van der Waals surface area contributed by atoms with E-state index in [-0.39, 0.29) is 4.99 Å². The third kappa shape index (κ3) is 7.06. The van der Waals surface area contributed by atoms with Crippen LogP contribution in [0, 0.1) is 5.92 Å². The minimum Gasteiger partial charge on any atom is -0.388 e. The lowest BCUT2D eigenvalue weighted by molar-refractivity contribution is 0.523. The van der Waals surface area contributed by atoms with Gasteiger partial charge < -0.3 is 11.1 Å². The fourth-order valence-electron chi connectivity index (χ4n) is 1.79. The average Bonchev–Trinajstić information content (AvgIpc) is 2.38. The Morgan fingerprint density at radius 3 is 2.53 bits per heavy atom. The fraction of sp³-hybridized carbons (Fsp3) is 0.643. The third-order valence-corrected chi connectivity index (χ3v) is 3.13. The van der Waals surface area contributed by atoms with Crippen LogP contribution in [0.5, 0.6) is 0 Å². The minimum atomic E-state index is 0.282. The lowest BCUT2D eigenvalue weighted by Gasteiger charge is -2.06. The summed E-state index contributed by atoms with van der Waals surface area (Å²) in [5, 5.41) is 3.25. The van der Waals surface area contributed by atoms with Gasteiger partial charge in [0.2, 0.25) is 0 Å². The number of hydrogen-bond donors (Lipinski definition) is 2. The molecule has 0 amide bonds. The summed E-state index contributed by atoms with van der Waals surface area (Å²) in [6.07, 6.45) is 9.68. The summed E-state index contributed by atoms with van der Waals surface area (Å²) in [6.45, 7) is 5.48. The standard InChI is InChI=1S/C14H24N4S/c1-11(2)7-5-3-4-6-8-16-13-10-17-12(9-18-13)14(15)19/h9-11H,3-8H2,1-2H3,(H2,15,19)(H,16,18). The number of hydrogen-bond acceptors (Lipinski definition) is 4. The molecular formula is C14H24N4S. The van der Waals surface area contributed by atoms with Crippen LogP contribution in [0.15, 0.2) is 12.4 Å². The van der Waals surface area contributed by atoms with Crippen molar-refractivity contribution >= 4 is 23.0 Å². The number of nitrogens with two attached hydrogens (primary N) is 1. The summed E-state index contributed by atoms with van der Waals surface area (Å²) in [5.41, 5.74) is 6.03. The number of unbranched alkanes of at least 4 members (excludes halogenated alkanes) is 3. The molecule has 1 aromatic heterocycles. The lowest BCUT2D eigenvalue weighted by Crippen LogP contribution is -2.12. The van der Waals surface area contributed by atoms with Crippen molar-refractivity contribution in [2.45, 2.75) is 46.0 Å². The van der Waals surface area contributed by atoms with E-state index in [0.29, 0.717) is 5.69 Å². The number of nitrogens with one attached hydrogen (secondary N) is 1. The van der Waals surface area contributed by atoms with Gasteiger partial charge in [-0.15, -0.1) is 0 Å². The highest BCUT2D eigenvalue weighted by Crippen LogP contribution is 2.09. The van der Waals surface area contributed by atoms with Crippen molar-refractivity contribution in [2.75, 3.05) is 11.9 Å². The molecule has 0 atom stereocenters. The predicted octanol–water partition coefficient (Wildman–Crippen LogP) is 3.13. The molecule has 1 heterocycles. The molecule has 0 spiro atoms. The zero-order chi connectivity index (χ0) is 14.1. The van der Waals surface area contributed by atoms with Gasteiger partial charge in [-0.25, -0.2) is 9.97 Å². The van der Waals surface area contributed by atoms with Crippen LogP contribution in [0.4, 0.5) is 5.82 Å². The van der Waals surface area contributed by atoms with Crippen LogP contribution in [0.25, 0.3) is 0 Å². The highest BCUT2D eigenvalue weighted by molar-refractivity contribution is 7.80. The van der Waals surface area contributed by atoms with Crippen molar-refractivity contribution in [3.05, 3.63) is 18.1 Å². The molecule has 19 heavy (non-hydrogen) atoms. The van der Waals surface area contributed by atoms with Gasteiger partial charge in [0.05, 0.1) is 12.4 Å². The first-order valence-corrected chi connectivity index (χ1v) is 7.36. The van der Waals surface area contributed by atoms with Crippen LogP contribution >= 0.6 is 12.2 Å². The first-order valence-electron chi connectivity index (χ1n) is 6.95. The second-order valence-corrected chi connectivity index (χ2v) is 5.61. The summed E-state index contributed by atoms with van der Waals surface area (Å²) >= 11 is 4.83.